The van der Waals surface area contributed by atoms with Gasteiger partial charge in [0.2, 0.25) is 0 Å². The zero-order chi connectivity index (χ0) is 16.1. The molecule has 1 aromatic rings. The molecule has 2 aliphatic rings. The second-order valence-corrected chi connectivity index (χ2v) is 6.81. The van der Waals surface area contributed by atoms with Gasteiger partial charge in [0.1, 0.15) is 5.56 Å². The monoisotopic (exact) mass is 305 g/mol. The Balaban J connectivity index is 1.98. The lowest BCUT2D eigenvalue weighted by Crippen LogP contribution is -2.41. The average Bonchev–Trinajstić information content (AvgIpc) is 3.16. The Hall–Kier alpha value is -1.60. The number of hydrogen-bond donors (Lipinski definition) is 1. The van der Waals surface area contributed by atoms with Gasteiger partial charge in [0.15, 0.2) is 5.75 Å². The fraction of sp³-hybridized carbons (Fsp3) is 0.600. The standard InChI is InChI=1S/C15H20BNO5/c1-14(2)15(3,4)22-16(21-14)10-7-17-8-11(12(10)13(18)19)20-9-5-6-9/h7-9H,5-6H2,1-4H3,(H,18,19). The molecule has 0 unspecified atom stereocenters. The maximum Gasteiger partial charge on any atom is 0.497 e. The third-order valence-electron chi connectivity index (χ3n) is 4.48. The molecule has 2 fully saturated rings. The van der Waals surface area contributed by atoms with Gasteiger partial charge >= 0.3 is 13.1 Å². The first-order valence-corrected chi connectivity index (χ1v) is 7.45. The van der Waals surface area contributed by atoms with Crippen LogP contribution >= 0.6 is 0 Å². The first-order chi connectivity index (χ1) is 10.2. The Kier molecular flexibility index (Phi) is 3.45. The van der Waals surface area contributed by atoms with Crippen LogP contribution in [0.4, 0.5) is 0 Å². The highest BCUT2D eigenvalue weighted by atomic mass is 16.7. The summed E-state index contributed by atoms with van der Waals surface area (Å²) < 4.78 is 17.5. The van der Waals surface area contributed by atoms with Crippen molar-refractivity contribution in [2.75, 3.05) is 0 Å². The number of ether oxygens (including phenoxy) is 1. The maximum absolute atomic E-state index is 11.7. The molecule has 7 heteroatoms. The van der Waals surface area contributed by atoms with Crippen molar-refractivity contribution >= 4 is 18.6 Å². The predicted octanol–water partition coefficient (Wildman–Crippen LogP) is 1.62. The van der Waals surface area contributed by atoms with E-state index >= 15 is 0 Å². The Morgan fingerprint density at radius 2 is 1.86 bits per heavy atom. The Morgan fingerprint density at radius 1 is 1.27 bits per heavy atom. The van der Waals surface area contributed by atoms with Crippen molar-refractivity contribution in [2.24, 2.45) is 0 Å². The molecule has 1 aliphatic heterocycles. The SMILES string of the molecule is CC1(C)OB(c2cncc(OC3CC3)c2C(=O)O)OC1(C)C. The van der Waals surface area contributed by atoms with Gasteiger partial charge in [-0.15, -0.1) is 0 Å². The van der Waals surface area contributed by atoms with Crippen molar-refractivity contribution < 1.29 is 23.9 Å². The van der Waals surface area contributed by atoms with Crippen molar-refractivity contribution in [1.29, 1.82) is 0 Å². The number of rotatable bonds is 4. The molecule has 6 nitrogen and oxygen atoms in total. The van der Waals surface area contributed by atoms with Crippen LogP contribution in [0.25, 0.3) is 0 Å². The maximum atomic E-state index is 11.7. The summed E-state index contributed by atoms with van der Waals surface area (Å²) in [5.74, 6) is -0.787. The largest absolute Gasteiger partial charge is 0.497 e. The van der Waals surface area contributed by atoms with Gasteiger partial charge in [-0.3, -0.25) is 4.98 Å². The van der Waals surface area contributed by atoms with Crippen LogP contribution in [0.1, 0.15) is 50.9 Å². The molecule has 0 bridgehead atoms. The number of nitrogens with zero attached hydrogens (tertiary/aromatic N) is 1. The zero-order valence-electron chi connectivity index (χ0n) is 13.3. The van der Waals surface area contributed by atoms with Crippen LogP contribution in [0.2, 0.25) is 0 Å². The molecule has 0 radical (unpaired) electrons. The number of aromatic carboxylic acids is 1. The van der Waals surface area contributed by atoms with Crippen LogP contribution in [0, 0.1) is 0 Å². The fourth-order valence-corrected chi connectivity index (χ4v) is 2.29. The van der Waals surface area contributed by atoms with Crippen molar-refractivity contribution in [3.8, 4) is 5.75 Å². The van der Waals surface area contributed by atoms with Gasteiger partial charge < -0.3 is 19.2 Å². The van der Waals surface area contributed by atoms with Crippen molar-refractivity contribution in [2.45, 2.75) is 57.8 Å². The van der Waals surface area contributed by atoms with Gasteiger partial charge in [-0.2, -0.15) is 0 Å². The predicted molar refractivity (Wildman–Crippen MR) is 80.6 cm³/mol. The van der Waals surface area contributed by atoms with Crippen LogP contribution in [0.3, 0.4) is 0 Å². The third-order valence-corrected chi connectivity index (χ3v) is 4.48. The summed E-state index contributed by atoms with van der Waals surface area (Å²) in [5.41, 5.74) is -0.619. The molecule has 0 aromatic carbocycles. The van der Waals surface area contributed by atoms with E-state index in [0.29, 0.717) is 5.46 Å². The Labute approximate surface area is 129 Å². The van der Waals surface area contributed by atoms with E-state index in [1.54, 1.807) is 0 Å². The van der Waals surface area contributed by atoms with Gasteiger partial charge in [0, 0.05) is 11.7 Å². The van der Waals surface area contributed by atoms with Gasteiger partial charge in [-0.1, -0.05) is 0 Å². The smallest absolute Gasteiger partial charge is 0.488 e. The zero-order valence-corrected chi connectivity index (χ0v) is 13.3. The molecule has 1 saturated heterocycles. The molecular weight excluding hydrogens is 285 g/mol. The molecule has 1 aromatic heterocycles. The van der Waals surface area contributed by atoms with Gasteiger partial charge in [-0.25, -0.2) is 4.79 Å². The Bertz CT molecular complexity index is 596. The van der Waals surface area contributed by atoms with E-state index in [0.717, 1.165) is 12.8 Å². The third kappa shape index (κ3) is 2.59. The lowest BCUT2D eigenvalue weighted by molar-refractivity contribution is 0.00578. The minimum atomic E-state index is -1.07. The number of pyridine rings is 1. The number of carboxylic acids is 1. The number of hydrogen-bond acceptors (Lipinski definition) is 5. The molecule has 1 N–H and O–H groups in total. The summed E-state index contributed by atoms with van der Waals surface area (Å²) in [6.45, 7) is 7.69. The second-order valence-electron chi connectivity index (χ2n) is 6.81. The molecule has 0 atom stereocenters. The molecule has 118 valence electrons. The summed E-state index contributed by atoms with van der Waals surface area (Å²) in [6, 6.07) is 0. The molecule has 22 heavy (non-hydrogen) atoms. The molecule has 0 spiro atoms. The van der Waals surface area contributed by atoms with Crippen molar-refractivity contribution in [3.63, 3.8) is 0 Å². The number of carboxylic acid groups (broad SMARTS) is 1. The van der Waals surface area contributed by atoms with Crippen LogP contribution in [-0.4, -0.2) is 40.5 Å². The number of aromatic nitrogens is 1. The first kappa shape index (κ1) is 15.3. The van der Waals surface area contributed by atoms with Gasteiger partial charge in [0.25, 0.3) is 0 Å². The topological polar surface area (TPSA) is 77.9 Å². The highest BCUT2D eigenvalue weighted by Crippen LogP contribution is 2.37. The quantitative estimate of drug-likeness (QED) is 0.852. The average molecular weight is 305 g/mol. The minimum absolute atomic E-state index is 0.0698. The van der Waals surface area contributed by atoms with Crippen LogP contribution in [-0.2, 0) is 9.31 Å². The van der Waals surface area contributed by atoms with E-state index in [1.807, 2.05) is 27.7 Å². The lowest BCUT2D eigenvalue weighted by atomic mass is 9.77. The van der Waals surface area contributed by atoms with E-state index in [-0.39, 0.29) is 17.4 Å². The van der Waals surface area contributed by atoms with Gasteiger partial charge in [-0.05, 0) is 40.5 Å². The van der Waals surface area contributed by atoms with Crippen molar-refractivity contribution in [1.82, 2.24) is 4.98 Å². The molecule has 1 aliphatic carbocycles. The summed E-state index contributed by atoms with van der Waals surface area (Å²) in [6.07, 6.45) is 4.90. The van der Waals surface area contributed by atoms with E-state index < -0.39 is 24.3 Å². The summed E-state index contributed by atoms with van der Waals surface area (Å²) >= 11 is 0. The van der Waals surface area contributed by atoms with Crippen LogP contribution in [0.5, 0.6) is 5.75 Å². The van der Waals surface area contributed by atoms with Crippen LogP contribution in [0.15, 0.2) is 12.4 Å². The fourth-order valence-electron chi connectivity index (χ4n) is 2.29. The van der Waals surface area contributed by atoms with Gasteiger partial charge in [0.05, 0.1) is 23.5 Å². The highest BCUT2D eigenvalue weighted by molar-refractivity contribution is 6.63. The summed E-state index contributed by atoms with van der Waals surface area (Å²) in [4.78, 5) is 15.8. The summed E-state index contributed by atoms with van der Waals surface area (Å²) in [5, 5.41) is 9.58. The van der Waals surface area contributed by atoms with E-state index in [4.69, 9.17) is 14.0 Å². The minimum Gasteiger partial charge on any atom is -0.488 e. The molecule has 3 rings (SSSR count). The molecular formula is C15H20BNO5. The molecule has 0 amide bonds. The summed E-state index contributed by atoms with van der Waals surface area (Å²) in [7, 11) is -0.772. The normalized spacial score (nSPS) is 22.6. The lowest BCUT2D eigenvalue weighted by Gasteiger charge is -2.32. The van der Waals surface area contributed by atoms with E-state index in [1.165, 1.54) is 12.4 Å². The number of carbonyl (C=O) groups is 1. The second kappa shape index (κ2) is 4.96. The van der Waals surface area contributed by atoms with Crippen molar-refractivity contribution in [3.05, 3.63) is 18.0 Å². The van der Waals surface area contributed by atoms with E-state index in [9.17, 15) is 9.90 Å². The Morgan fingerprint density at radius 3 is 2.36 bits per heavy atom. The highest BCUT2D eigenvalue weighted by Gasteiger charge is 2.53. The van der Waals surface area contributed by atoms with E-state index in [2.05, 4.69) is 4.98 Å². The molecule has 1 saturated carbocycles. The van der Waals surface area contributed by atoms with Crippen LogP contribution < -0.4 is 10.2 Å². The molecule has 2 heterocycles. The first-order valence-electron chi connectivity index (χ1n) is 7.45.